The van der Waals surface area contributed by atoms with Crippen molar-refractivity contribution in [2.24, 2.45) is 11.8 Å². The molecule has 2 atom stereocenters. The van der Waals surface area contributed by atoms with Gasteiger partial charge in [0, 0.05) is 11.8 Å². The Kier molecular flexibility index (Phi) is 17.0. The molecule has 0 radical (unpaired) electrons. The minimum atomic E-state index is -0.0421. The summed E-state index contributed by atoms with van der Waals surface area (Å²) in [5, 5.41) is 5.63. The fraction of sp³-hybridized carbons (Fsp3) is 0.833. The van der Waals surface area contributed by atoms with E-state index in [0.717, 1.165) is 19.3 Å². The van der Waals surface area contributed by atoms with Crippen LogP contribution < -0.4 is 69.7 Å². The second kappa shape index (κ2) is 14.2. The first-order chi connectivity index (χ1) is 8.69. The molecule has 0 aromatic rings. The molecule has 1 aliphatic rings. The average Bonchev–Trinajstić information content (AvgIpc) is 2.42. The van der Waals surface area contributed by atoms with Crippen LogP contribution in [0, 0.1) is 11.8 Å². The first kappa shape index (κ1) is 23.9. The van der Waals surface area contributed by atoms with Gasteiger partial charge in [-0.05, 0) is 32.4 Å². The van der Waals surface area contributed by atoms with E-state index in [2.05, 4.69) is 10.6 Å². The van der Waals surface area contributed by atoms with Gasteiger partial charge in [0.25, 0.3) is 0 Å². The average molecular weight is 334 g/mol. The summed E-state index contributed by atoms with van der Waals surface area (Å²) in [6.07, 6.45) is 3.31. The van der Waals surface area contributed by atoms with E-state index in [-0.39, 0.29) is 82.8 Å². The van der Waals surface area contributed by atoms with Crippen LogP contribution in [0.15, 0.2) is 0 Å². The molecular weight excluding hydrogens is 314 g/mol. The zero-order chi connectivity index (χ0) is 13.4. The Morgan fingerprint density at radius 2 is 1.30 bits per heavy atom. The molecule has 2 unspecified atom stereocenters. The Balaban J connectivity index is 0. The Morgan fingerprint density at radius 3 is 1.65 bits per heavy atom. The van der Waals surface area contributed by atoms with Crippen molar-refractivity contribution in [1.29, 1.82) is 0 Å². The van der Waals surface area contributed by atoms with Crippen molar-refractivity contribution >= 4 is 37.1 Å². The zero-order valence-electron chi connectivity index (χ0n) is 12.4. The summed E-state index contributed by atoms with van der Waals surface area (Å²) >= 11 is 9.59. The third-order valence-corrected chi connectivity index (χ3v) is 3.63. The normalized spacial score (nSPS) is 21.1. The molecule has 0 aliphatic heterocycles. The second-order valence-electron chi connectivity index (χ2n) is 4.55. The maximum absolute atomic E-state index is 11.8. The summed E-state index contributed by atoms with van der Waals surface area (Å²) in [6.45, 7) is 1.08. The van der Waals surface area contributed by atoms with E-state index in [9.17, 15) is 9.59 Å². The second-order valence-corrected chi connectivity index (χ2v) is 5.37. The van der Waals surface area contributed by atoms with E-state index < -0.39 is 0 Å². The van der Waals surface area contributed by atoms with E-state index >= 15 is 0 Å². The molecule has 2 N–H and O–H groups in total. The molecule has 4 nitrogen and oxygen atoms in total. The summed E-state index contributed by atoms with van der Waals surface area (Å²) in [5.74, 6) is 1.06. The number of rotatable bonds is 6. The van der Waals surface area contributed by atoms with Crippen molar-refractivity contribution in [3.8, 4) is 0 Å². The van der Waals surface area contributed by atoms with E-state index in [1.807, 2.05) is 0 Å². The van der Waals surface area contributed by atoms with Crippen LogP contribution in [0.5, 0.6) is 0 Å². The van der Waals surface area contributed by atoms with Gasteiger partial charge in [-0.2, -0.15) is 11.5 Å². The molecule has 0 heterocycles. The number of hydrogen-bond donors (Lipinski definition) is 2. The van der Waals surface area contributed by atoms with E-state index in [1.165, 1.54) is 0 Å². The molecule has 0 spiro atoms. The summed E-state index contributed by atoms with van der Waals surface area (Å²) in [7, 11) is 0. The molecule has 1 fully saturated rings. The molecule has 0 saturated heterocycles. The predicted molar refractivity (Wildman–Crippen MR) is 75.9 cm³/mol. The van der Waals surface area contributed by atoms with Gasteiger partial charge in [0.2, 0.25) is 11.8 Å². The first-order valence-corrected chi connectivity index (χ1v) is 7.56. The fourth-order valence-electron chi connectivity index (χ4n) is 2.30. The van der Waals surface area contributed by atoms with E-state index in [1.54, 1.807) is 0 Å². The van der Waals surface area contributed by atoms with Crippen LogP contribution >= 0.6 is 0 Å². The molecule has 0 aromatic heterocycles. The topological polar surface area (TPSA) is 58.2 Å². The van der Waals surface area contributed by atoms with Crippen molar-refractivity contribution in [2.75, 3.05) is 24.6 Å². The van der Waals surface area contributed by atoms with Crippen LogP contribution in [0.25, 0.3) is 0 Å². The molecule has 0 bridgehead atoms. The smallest absolute Gasteiger partial charge is 0.791 e. The van der Waals surface area contributed by atoms with Crippen LogP contribution in [0.1, 0.15) is 25.7 Å². The van der Waals surface area contributed by atoms with Gasteiger partial charge in [-0.25, -0.2) is 0 Å². The van der Waals surface area contributed by atoms with Gasteiger partial charge < -0.3 is 35.9 Å². The maximum Gasteiger partial charge on any atom is 1.00 e. The van der Waals surface area contributed by atoms with Crippen molar-refractivity contribution in [3.05, 3.63) is 0 Å². The van der Waals surface area contributed by atoms with Gasteiger partial charge in [-0.15, -0.1) is 0 Å². The van der Waals surface area contributed by atoms with Crippen molar-refractivity contribution in [2.45, 2.75) is 25.7 Å². The molecule has 0 aromatic carbocycles. The van der Waals surface area contributed by atoms with Crippen molar-refractivity contribution in [3.63, 3.8) is 0 Å². The van der Waals surface area contributed by atoms with Crippen molar-refractivity contribution in [1.82, 2.24) is 10.6 Å². The SMILES string of the molecule is O=C(NCC[S-])C1CCCC(C(=O)NCC[S-])C1.[Na+].[Na+]. The van der Waals surface area contributed by atoms with Crippen molar-refractivity contribution < 1.29 is 68.7 Å². The number of amides is 2. The number of carbonyl (C=O) groups excluding carboxylic acids is 2. The molecule has 1 rings (SSSR count). The molecule has 20 heavy (non-hydrogen) atoms. The molecular formula is C12H20N2Na2O2S2. The first-order valence-electron chi connectivity index (χ1n) is 6.40. The minimum Gasteiger partial charge on any atom is -0.791 e. The quantitative estimate of drug-likeness (QED) is 0.375. The summed E-state index contributed by atoms with van der Waals surface area (Å²) in [6, 6.07) is 0. The monoisotopic (exact) mass is 334 g/mol. The number of carbonyl (C=O) groups is 2. The van der Waals surface area contributed by atoms with Gasteiger partial charge in [-0.3, -0.25) is 9.59 Å². The molecule has 2 amide bonds. The summed E-state index contributed by atoms with van der Waals surface area (Å²) in [5.41, 5.74) is 0. The Bertz CT molecular complexity index is 271. The largest absolute Gasteiger partial charge is 1.00 e. The molecule has 1 saturated carbocycles. The number of hydrogen-bond acceptors (Lipinski definition) is 4. The molecule has 104 valence electrons. The van der Waals surface area contributed by atoms with Gasteiger partial charge >= 0.3 is 59.1 Å². The molecule has 8 heteroatoms. The minimum absolute atomic E-state index is 0. The standard InChI is InChI=1S/C12H22N2O2S2.2Na/c15-11(13-4-6-17)9-2-1-3-10(8-9)12(16)14-5-7-18;;/h9-10,17-18H,1-8H2,(H,13,15)(H,14,16);;/q;2*+1/p-2. The summed E-state index contributed by atoms with van der Waals surface area (Å²) < 4.78 is 0. The summed E-state index contributed by atoms with van der Waals surface area (Å²) in [4.78, 5) is 23.7. The number of nitrogens with one attached hydrogen (secondary N) is 2. The Hall–Kier alpha value is 1.64. The van der Waals surface area contributed by atoms with Crippen LogP contribution in [0.4, 0.5) is 0 Å². The van der Waals surface area contributed by atoms with Gasteiger partial charge in [0.05, 0.1) is 0 Å². The van der Waals surface area contributed by atoms with Crippen LogP contribution in [0.2, 0.25) is 0 Å². The zero-order valence-corrected chi connectivity index (χ0v) is 18.1. The van der Waals surface area contributed by atoms with Crippen LogP contribution in [-0.2, 0) is 34.8 Å². The van der Waals surface area contributed by atoms with Crippen LogP contribution in [-0.4, -0.2) is 36.4 Å². The van der Waals surface area contributed by atoms with Gasteiger partial charge in [0.15, 0.2) is 0 Å². The van der Waals surface area contributed by atoms with Crippen LogP contribution in [0.3, 0.4) is 0 Å². The van der Waals surface area contributed by atoms with E-state index in [0.29, 0.717) is 31.0 Å². The predicted octanol–water partition coefficient (Wildman–Crippen LogP) is -5.87. The van der Waals surface area contributed by atoms with Gasteiger partial charge in [-0.1, -0.05) is 6.42 Å². The third kappa shape index (κ3) is 8.93. The Morgan fingerprint density at radius 1 is 0.900 bits per heavy atom. The maximum atomic E-state index is 11.8. The van der Waals surface area contributed by atoms with E-state index in [4.69, 9.17) is 25.3 Å². The Labute approximate surface area is 176 Å². The fourth-order valence-corrected chi connectivity index (χ4v) is 2.51. The van der Waals surface area contributed by atoms with Gasteiger partial charge in [0.1, 0.15) is 0 Å². The molecule has 1 aliphatic carbocycles. The third-order valence-electron chi connectivity index (χ3n) is 3.22.